The van der Waals surface area contributed by atoms with E-state index in [2.05, 4.69) is 15.9 Å². The summed E-state index contributed by atoms with van der Waals surface area (Å²) < 4.78 is 27.3. The van der Waals surface area contributed by atoms with Crippen LogP contribution in [0.25, 0.3) is 0 Å². The molecule has 1 aromatic carbocycles. The van der Waals surface area contributed by atoms with Crippen LogP contribution in [-0.4, -0.2) is 37.0 Å². The van der Waals surface area contributed by atoms with Crippen LogP contribution in [-0.2, 0) is 10.0 Å². The third-order valence-electron chi connectivity index (χ3n) is 3.28. The molecule has 1 N–H and O–H groups in total. The van der Waals surface area contributed by atoms with E-state index in [0.29, 0.717) is 0 Å². The van der Waals surface area contributed by atoms with Gasteiger partial charge in [0.15, 0.2) is 0 Å². The lowest BCUT2D eigenvalue weighted by atomic mass is 9.93. The monoisotopic (exact) mass is 367 g/mol. The number of rotatable bonds is 5. The van der Waals surface area contributed by atoms with Crippen LogP contribution < -0.4 is 0 Å². The summed E-state index contributed by atoms with van der Waals surface area (Å²) in [6.07, 6.45) is 2.71. The quantitative estimate of drug-likeness (QED) is 0.869. The van der Waals surface area contributed by atoms with Crippen LogP contribution >= 0.6 is 27.5 Å². The maximum atomic E-state index is 12.6. The molecule has 0 atom stereocenters. The first kappa shape index (κ1) is 15.3. The van der Waals surface area contributed by atoms with Crippen molar-refractivity contribution in [3.8, 4) is 0 Å². The Morgan fingerprint density at radius 1 is 1.42 bits per heavy atom. The average molecular weight is 369 g/mol. The van der Waals surface area contributed by atoms with Gasteiger partial charge in [-0.2, -0.15) is 4.31 Å². The highest BCUT2D eigenvalue weighted by molar-refractivity contribution is 9.10. The predicted molar refractivity (Wildman–Crippen MR) is 77.8 cm³/mol. The van der Waals surface area contributed by atoms with E-state index in [-0.39, 0.29) is 29.1 Å². The first-order valence-corrected chi connectivity index (χ1v) is 8.65. The molecular weight excluding hydrogens is 354 g/mol. The molecule has 0 saturated heterocycles. The van der Waals surface area contributed by atoms with Crippen LogP contribution in [0, 0.1) is 0 Å². The lowest BCUT2D eigenvalue weighted by Gasteiger charge is -2.36. The highest BCUT2D eigenvalue weighted by Crippen LogP contribution is 2.33. The molecule has 4 nitrogen and oxygen atoms in total. The molecule has 1 aliphatic rings. The van der Waals surface area contributed by atoms with Crippen molar-refractivity contribution < 1.29 is 13.5 Å². The molecule has 7 heteroatoms. The Morgan fingerprint density at radius 3 is 2.58 bits per heavy atom. The number of nitrogens with zero attached hydrogens (tertiary/aromatic N) is 1. The van der Waals surface area contributed by atoms with Gasteiger partial charge in [-0.05, 0) is 31.0 Å². The third kappa shape index (κ3) is 3.13. The van der Waals surface area contributed by atoms with Crippen molar-refractivity contribution in [3.63, 3.8) is 0 Å². The van der Waals surface area contributed by atoms with E-state index >= 15 is 0 Å². The summed E-state index contributed by atoms with van der Waals surface area (Å²) in [5, 5.41) is 9.27. The normalized spacial score (nSPS) is 16.6. The van der Waals surface area contributed by atoms with Crippen LogP contribution in [0.4, 0.5) is 0 Å². The first-order valence-electron chi connectivity index (χ1n) is 6.04. The van der Waals surface area contributed by atoms with Gasteiger partial charge in [0, 0.05) is 17.1 Å². The summed E-state index contributed by atoms with van der Waals surface area (Å²) >= 11 is 9.28. The molecule has 0 heterocycles. The van der Waals surface area contributed by atoms with Gasteiger partial charge in [0.25, 0.3) is 0 Å². The Kier molecular flexibility index (Phi) is 4.89. The summed E-state index contributed by atoms with van der Waals surface area (Å²) in [5.74, 6) is 0. The number of halogens is 2. The SMILES string of the molecule is O=S(=O)(c1ccc(Br)cc1Cl)N(CCO)C1CCC1. The molecule has 1 aliphatic carbocycles. The Labute approximate surface area is 126 Å². The minimum Gasteiger partial charge on any atom is -0.395 e. The molecule has 0 aliphatic heterocycles. The molecule has 1 saturated carbocycles. The summed E-state index contributed by atoms with van der Waals surface area (Å²) in [6.45, 7) is -0.0801. The van der Waals surface area contributed by atoms with Gasteiger partial charge >= 0.3 is 0 Å². The van der Waals surface area contributed by atoms with Crippen molar-refractivity contribution in [2.24, 2.45) is 0 Å². The molecule has 1 aromatic rings. The van der Waals surface area contributed by atoms with Crippen LogP contribution in [0.2, 0.25) is 5.02 Å². The Balaban J connectivity index is 2.38. The largest absolute Gasteiger partial charge is 0.395 e. The van der Waals surface area contributed by atoms with E-state index in [4.69, 9.17) is 16.7 Å². The number of sulfonamides is 1. The van der Waals surface area contributed by atoms with Gasteiger partial charge in [-0.1, -0.05) is 34.0 Å². The highest BCUT2D eigenvalue weighted by Gasteiger charge is 2.35. The number of hydrogen-bond acceptors (Lipinski definition) is 3. The first-order chi connectivity index (χ1) is 8.96. The molecule has 2 rings (SSSR count). The van der Waals surface area contributed by atoms with Gasteiger partial charge in [-0.3, -0.25) is 0 Å². The number of benzene rings is 1. The minimum absolute atomic E-state index is 0.0168. The number of hydrogen-bond donors (Lipinski definition) is 1. The fourth-order valence-electron chi connectivity index (χ4n) is 2.08. The van der Waals surface area contributed by atoms with E-state index in [9.17, 15) is 8.42 Å². The molecular formula is C12H15BrClNO3S. The van der Waals surface area contributed by atoms with Crippen molar-refractivity contribution in [3.05, 3.63) is 27.7 Å². The summed E-state index contributed by atoms with van der Waals surface area (Å²) in [5.41, 5.74) is 0. The zero-order valence-corrected chi connectivity index (χ0v) is 13.4. The molecule has 0 spiro atoms. The molecule has 0 aromatic heterocycles. The second kappa shape index (κ2) is 6.10. The molecule has 19 heavy (non-hydrogen) atoms. The van der Waals surface area contributed by atoms with Crippen LogP contribution in [0.1, 0.15) is 19.3 Å². The molecule has 0 bridgehead atoms. The van der Waals surface area contributed by atoms with E-state index in [0.717, 1.165) is 23.7 Å². The molecule has 0 radical (unpaired) electrons. The lowest BCUT2D eigenvalue weighted by Crippen LogP contribution is -2.45. The van der Waals surface area contributed by atoms with E-state index in [1.165, 1.54) is 10.4 Å². The van der Waals surface area contributed by atoms with Crippen LogP contribution in [0.15, 0.2) is 27.6 Å². The van der Waals surface area contributed by atoms with Gasteiger partial charge in [0.2, 0.25) is 10.0 Å². The number of aliphatic hydroxyl groups is 1. The summed E-state index contributed by atoms with van der Waals surface area (Å²) in [4.78, 5) is 0.0951. The van der Waals surface area contributed by atoms with Gasteiger partial charge < -0.3 is 5.11 Å². The van der Waals surface area contributed by atoms with E-state index < -0.39 is 10.0 Å². The van der Waals surface area contributed by atoms with Crippen molar-refractivity contribution in [1.82, 2.24) is 4.31 Å². The predicted octanol–water partition coefficient (Wildman–Crippen LogP) is 2.64. The minimum atomic E-state index is -3.65. The topological polar surface area (TPSA) is 57.6 Å². The Morgan fingerprint density at radius 2 is 2.11 bits per heavy atom. The van der Waals surface area contributed by atoms with Crippen LogP contribution in [0.3, 0.4) is 0 Å². The zero-order chi connectivity index (χ0) is 14.0. The zero-order valence-electron chi connectivity index (χ0n) is 10.2. The van der Waals surface area contributed by atoms with E-state index in [1.54, 1.807) is 12.1 Å². The fourth-order valence-corrected chi connectivity index (χ4v) is 4.77. The second-order valence-corrected chi connectivity index (χ2v) is 7.68. The van der Waals surface area contributed by atoms with Crippen molar-refractivity contribution in [1.29, 1.82) is 0 Å². The van der Waals surface area contributed by atoms with Crippen LogP contribution in [0.5, 0.6) is 0 Å². The van der Waals surface area contributed by atoms with Crippen molar-refractivity contribution in [2.45, 2.75) is 30.2 Å². The summed E-state index contributed by atoms with van der Waals surface area (Å²) in [7, 11) is -3.65. The Bertz CT molecular complexity index is 560. The maximum Gasteiger partial charge on any atom is 0.244 e. The summed E-state index contributed by atoms with van der Waals surface area (Å²) in [6, 6.07) is 4.69. The smallest absolute Gasteiger partial charge is 0.244 e. The molecule has 1 fully saturated rings. The Hall–Kier alpha value is -0.140. The van der Waals surface area contributed by atoms with Gasteiger partial charge in [-0.15, -0.1) is 0 Å². The van der Waals surface area contributed by atoms with Gasteiger partial charge in [-0.25, -0.2) is 8.42 Å². The van der Waals surface area contributed by atoms with E-state index in [1.807, 2.05) is 0 Å². The maximum absolute atomic E-state index is 12.6. The lowest BCUT2D eigenvalue weighted by molar-refractivity contribution is 0.178. The standard InChI is InChI=1S/C12H15BrClNO3S/c13-9-4-5-12(11(14)8-9)19(17,18)15(6-7-16)10-2-1-3-10/h4-5,8,10,16H,1-3,6-7H2. The van der Waals surface area contributed by atoms with Gasteiger partial charge in [0.05, 0.1) is 11.6 Å². The van der Waals surface area contributed by atoms with Gasteiger partial charge in [0.1, 0.15) is 4.90 Å². The number of aliphatic hydroxyl groups excluding tert-OH is 1. The fraction of sp³-hybridized carbons (Fsp3) is 0.500. The molecule has 106 valence electrons. The second-order valence-electron chi connectivity index (χ2n) is 4.50. The molecule has 0 amide bonds. The highest BCUT2D eigenvalue weighted by atomic mass is 79.9. The molecule has 0 unspecified atom stereocenters. The average Bonchev–Trinajstić information content (AvgIpc) is 2.25. The van der Waals surface area contributed by atoms with Crippen molar-refractivity contribution >= 4 is 37.6 Å². The van der Waals surface area contributed by atoms with Crippen molar-refractivity contribution in [2.75, 3.05) is 13.2 Å². The third-order valence-corrected chi connectivity index (χ3v) is 6.21.